The maximum Gasteiger partial charge on any atom is 0.573 e. The van der Waals surface area contributed by atoms with Crippen LogP contribution in [-0.4, -0.2) is 11.3 Å². The Bertz CT molecular complexity index is 416. The summed E-state index contributed by atoms with van der Waals surface area (Å²) in [5.41, 5.74) is 4.18. The van der Waals surface area contributed by atoms with Crippen LogP contribution in [0.1, 0.15) is 5.56 Å². The van der Waals surface area contributed by atoms with E-state index in [4.69, 9.17) is 5.73 Å². The van der Waals surface area contributed by atoms with E-state index in [1.807, 2.05) is 0 Å². The van der Waals surface area contributed by atoms with Crippen molar-refractivity contribution in [1.29, 1.82) is 0 Å². The van der Waals surface area contributed by atoms with Gasteiger partial charge < -0.3 is 15.5 Å². The van der Waals surface area contributed by atoms with Crippen LogP contribution in [0.15, 0.2) is 15.5 Å². The van der Waals surface area contributed by atoms with Crippen molar-refractivity contribution in [3.63, 3.8) is 0 Å². The number of halogens is 4. The quantitative estimate of drug-likeness (QED) is 0.866. The van der Waals surface area contributed by atoms with Crippen LogP contribution in [0.5, 0.6) is 5.75 Å². The summed E-state index contributed by atoms with van der Waals surface area (Å²) in [7, 11) is 0. The summed E-state index contributed by atoms with van der Waals surface area (Å²) >= 11 is 2.82. The number of aromatic nitrogens is 1. The minimum absolute atomic E-state index is 0.0140. The van der Waals surface area contributed by atoms with Gasteiger partial charge in [0.1, 0.15) is 0 Å². The molecule has 0 unspecified atom stereocenters. The van der Waals surface area contributed by atoms with Gasteiger partial charge in [-0.05, 0) is 15.9 Å². The number of hydrogen-bond acceptors (Lipinski definition) is 3. The zero-order valence-electron chi connectivity index (χ0n) is 7.19. The van der Waals surface area contributed by atoms with Crippen molar-refractivity contribution in [3.05, 3.63) is 26.6 Å². The topological polar surface area (TPSA) is 68.1 Å². The molecule has 0 saturated carbocycles. The second-order valence-corrected chi connectivity index (χ2v) is 3.38. The lowest BCUT2D eigenvalue weighted by molar-refractivity contribution is -0.275. The first-order valence-electron chi connectivity index (χ1n) is 3.71. The second-order valence-electron chi connectivity index (χ2n) is 2.53. The van der Waals surface area contributed by atoms with E-state index in [1.54, 1.807) is 0 Å². The molecule has 0 radical (unpaired) electrons. The Morgan fingerprint density at radius 2 is 2.13 bits per heavy atom. The average molecular weight is 287 g/mol. The molecule has 0 fully saturated rings. The molecule has 84 valence electrons. The summed E-state index contributed by atoms with van der Waals surface area (Å²) in [5, 5.41) is 0. The van der Waals surface area contributed by atoms with E-state index in [9.17, 15) is 18.0 Å². The van der Waals surface area contributed by atoms with Gasteiger partial charge in [-0.15, -0.1) is 13.2 Å². The van der Waals surface area contributed by atoms with Crippen molar-refractivity contribution in [2.45, 2.75) is 12.9 Å². The summed E-state index contributed by atoms with van der Waals surface area (Å²) in [5.74, 6) is -0.603. The summed E-state index contributed by atoms with van der Waals surface area (Å²) in [6, 6.07) is 0. The molecule has 0 aromatic carbocycles. The third kappa shape index (κ3) is 2.96. The molecule has 1 aromatic rings. The molecule has 0 bridgehead atoms. The van der Waals surface area contributed by atoms with E-state index < -0.39 is 17.7 Å². The molecular formula is C7H6BrF3N2O2. The highest BCUT2D eigenvalue weighted by molar-refractivity contribution is 9.10. The number of rotatable bonds is 2. The second kappa shape index (κ2) is 4.23. The number of nitrogens with one attached hydrogen (secondary N) is 1. The number of alkyl halides is 3. The maximum atomic E-state index is 12.0. The standard InChI is InChI=1S/C7H6BrF3N2O2/c8-4-2-13-6(14)3(1-12)5(4)15-7(9,10)11/h2H,1,12H2,(H,13,14). The Morgan fingerprint density at radius 3 is 2.60 bits per heavy atom. The number of ether oxygens (including phenoxy) is 1. The zero-order chi connectivity index (χ0) is 11.6. The summed E-state index contributed by atoms with van der Waals surface area (Å²) < 4.78 is 39.6. The van der Waals surface area contributed by atoms with Crippen molar-refractivity contribution < 1.29 is 17.9 Å². The minimum atomic E-state index is -4.86. The predicted molar refractivity (Wildman–Crippen MR) is 49.3 cm³/mol. The van der Waals surface area contributed by atoms with E-state index in [0.29, 0.717) is 0 Å². The lowest BCUT2D eigenvalue weighted by Crippen LogP contribution is -2.23. The molecule has 0 saturated heterocycles. The maximum absolute atomic E-state index is 12.0. The first kappa shape index (κ1) is 12.1. The molecule has 1 aromatic heterocycles. The van der Waals surface area contributed by atoms with Gasteiger partial charge >= 0.3 is 6.36 Å². The van der Waals surface area contributed by atoms with Crippen molar-refractivity contribution in [3.8, 4) is 5.75 Å². The molecule has 0 amide bonds. The Balaban J connectivity index is 3.26. The Labute approximate surface area is 90.4 Å². The Kier molecular flexibility index (Phi) is 3.40. The molecule has 15 heavy (non-hydrogen) atoms. The van der Waals surface area contributed by atoms with Crippen LogP contribution >= 0.6 is 15.9 Å². The van der Waals surface area contributed by atoms with E-state index >= 15 is 0 Å². The number of H-pyrrole nitrogens is 1. The lowest BCUT2D eigenvalue weighted by Gasteiger charge is -2.12. The molecule has 1 heterocycles. The van der Waals surface area contributed by atoms with Gasteiger partial charge in [0.15, 0.2) is 5.75 Å². The number of hydrogen-bond donors (Lipinski definition) is 2. The molecule has 0 spiro atoms. The molecular weight excluding hydrogens is 281 g/mol. The Morgan fingerprint density at radius 1 is 1.53 bits per heavy atom. The van der Waals surface area contributed by atoms with Crippen molar-refractivity contribution >= 4 is 15.9 Å². The van der Waals surface area contributed by atoms with Crippen LogP contribution in [0.25, 0.3) is 0 Å². The van der Waals surface area contributed by atoms with E-state index in [1.165, 1.54) is 0 Å². The largest absolute Gasteiger partial charge is 0.573 e. The smallest absolute Gasteiger partial charge is 0.404 e. The Hall–Kier alpha value is -1.02. The zero-order valence-corrected chi connectivity index (χ0v) is 8.78. The normalized spacial score (nSPS) is 11.5. The van der Waals surface area contributed by atoms with Gasteiger partial charge in [-0.25, -0.2) is 0 Å². The molecule has 0 aliphatic rings. The highest BCUT2D eigenvalue weighted by Crippen LogP contribution is 2.31. The molecule has 4 nitrogen and oxygen atoms in total. The highest BCUT2D eigenvalue weighted by Gasteiger charge is 2.33. The van der Waals surface area contributed by atoms with Crippen LogP contribution < -0.4 is 16.0 Å². The fourth-order valence-corrected chi connectivity index (χ4v) is 1.38. The highest BCUT2D eigenvalue weighted by atomic mass is 79.9. The third-order valence-corrected chi connectivity index (χ3v) is 2.11. The minimum Gasteiger partial charge on any atom is -0.404 e. The lowest BCUT2D eigenvalue weighted by atomic mass is 10.2. The number of nitrogens with two attached hydrogens (primary N) is 1. The molecule has 0 atom stereocenters. The first-order valence-corrected chi connectivity index (χ1v) is 4.50. The van der Waals surface area contributed by atoms with E-state index in [-0.39, 0.29) is 16.6 Å². The van der Waals surface area contributed by atoms with Gasteiger partial charge in [0.05, 0.1) is 10.0 Å². The number of aromatic amines is 1. The first-order chi connectivity index (χ1) is 6.85. The van der Waals surface area contributed by atoms with Gasteiger partial charge in [0, 0.05) is 12.7 Å². The van der Waals surface area contributed by atoms with Crippen LogP contribution in [0.3, 0.4) is 0 Å². The monoisotopic (exact) mass is 286 g/mol. The van der Waals surface area contributed by atoms with Crippen molar-refractivity contribution in [1.82, 2.24) is 4.98 Å². The van der Waals surface area contributed by atoms with Gasteiger partial charge in [-0.3, -0.25) is 4.79 Å². The summed E-state index contributed by atoms with van der Waals surface area (Å²) in [6.45, 7) is -0.347. The van der Waals surface area contributed by atoms with Crippen molar-refractivity contribution in [2.75, 3.05) is 0 Å². The average Bonchev–Trinajstić information content (AvgIpc) is 2.10. The van der Waals surface area contributed by atoms with Gasteiger partial charge in [-0.1, -0.05) is 0 Å². The van der Waals surface area contributed by atoms with Crippen LogP contribution in [0.4, 0.5) is 13.2 Å². The fraction of sp³-hybridized carbons (Fsp3) is 0.286. The van der Waals surface area contributed by atoms with Crippen LogP contribution in [0.2, 0.25) is 0 Å². The molecule has 3 N–H and O–H groups in total. The molecule has 8 heteroatoms. The van der Waals surface area contributed by atoms with Crippen LogP contribution in [-0.2, 0) is 6.54 Å². The number of pyridine rings is 1. The summed E-state index contributed by atoms with van der Waals surface area (Å²) in [6.07, 6.45) is -3.80. The van der Waals surface area contributed by atoms with Gasteiger partial charge in [0.2, 0.25) is 0 Å². The third-order valence-electron chi connectivity index (χ3n) is 1.52. The van der Waals surface area contributed by atoms with Gasteiger partial charge in [0.25, 0.3) is 5.56 Å². The summed E-state index contributed by atoms with van der Waals surface area (Å²) in [4.78, 5) is 13.3. The molecule has 1 rings (SSSR count). The SMILES string of the molecule is NCc1c(OC(F)(F)F)c(Br)c[nH]c1=O. The molecule has 0 aliphatic heterocycles. The fourth-order valence-electron chi connectivity index (χ4n) is 0.940. The van der Waals surface area contributed by atoms with E-state index in [2.05, 4.69) is 25.7 Å². The van der Waals surface area contributed by atoms with Gasteiger partial charge in [-0.2, -0.15) is 0 Å². The molecule has 0 aliphatic carbocycles. The van der Waals surface area contributed by atoms with E-state index in [0.717, 1.165) is 6.20 Å². The van der Waals surface area contributed by atoms with Crippen molar-refractivity contribution in [2.24, 2.45) is 5.73 Å². The predicted octanol–water partition coefficient (Wildman–Crippen LogP) is 1.49. The van der Waals surface area contributed by atoms with Crippen LogP contribution in [0, 0.1) is 0 Å².